The van der Waals surface area contributed by atoms with E-state index in [-0.39, 0.29) is 17.8 Å². The Morgan fingerprint density at radius 2 is 1.92 bits per heavy atom. The maximum atomic E-state index is 13.1. The van der Waals surface area contributed by atoms with E-state index in [0.29, 0.717) is 29.6 Å². The van der Waals surface area contributed by atoms with Gasteiger partial charge in [0.15, 0.2) is 0 Å². The predicted molar refractivity (Wildman–Crippen MR) is 94.6 cm³/mol. The Labute approximate surface area is 152 Å². The molecular weight excluding hydrogens is 333 g/mol. The summed E-state index contributed by atoms with van der Waals surface area (Å²) < 4.78 is 18.5. The number of aromatic nitrogens is 2. The molecule has 1 aromatic heterocycles. The van der Waals surface area contributed by atoms with Gasteiger partial charge in [-0.1, -0.05) is 30.8 Å². The standard InChI is InChI=1S/C20H24FN3O2/c21-16-10-8-15(9-11-16)19-22-20(26-23-19)17-6-3-13-24(17)18(25)12-7-14-4-1-2-5-14/h8-11,14,17H,1-7,12-13H2. The molecule has 1 aliphatic heterocycles. The van der Waals surface area contributed by atoms with Crippen molar-refractivity contribution >= 4 is 5.91 Å². The molecule has 0 spiro atoms. The number of carbonyl (C=O) groups is 1. The summed E-state index contributed by atoms with van der Waals surface area (Å²) in [5.41, 5.74) is 0.707. The average molecular weight is 357 g/mol. The molecule has 4 rings (SSSR count). The number of carbonyl (C=O) groups excluding carboxylic acids is 1. The third-order valence-corrected chi connectivity index (χ3v) is 5.64. The highest BCUT2D eigenvalue weighted by molar-refractivity contribution is 5.77. The monoisotopic (exact) mass is 357 g/mol. The largest absolute Gasteiger partial charge is 0.337 e. The van der Waals surface area contributed by atoms with Gasteiger partial charge in [-0.25, -0.2) is 4.39 Å². The fourth-order valence-corrected chi connectivity index (χ4v) is 4.18. The van der Waals surface area contributed by atoms with Gasteiger partial charge in [0.05, 0.1) is 0 Å². The third-order valence-electron chi connectivity index (χ3n) is 5.64. The Hall–Kier alpha value is -2.24. The van der Waals surface area contributed by atoms with Crippen LogP contribution in [-0.4, -0.2) is 27.5 Å². The minimum Gasteiger partial charge on any atom is -0.337 e. The van der Waals surface area contributed by atoms with Crippen molar-refractivity contribution in [3.05, 3.63) is 36.0 Å². The second-order valence-electron chi connectivity index (χ2n) is 7.40. The molecule has 138 valence electrons. The van der Waals surface area contributed by atoms with Crippen LogP contribution in [0.5, 0.6) is 0 Å². The second kappa shape index (κ2) is 7.56. The molecule has 26 heavy (non-hydrogen) atoms. The van der Waals surface area contributed by atoms with Crippen molar-refractivity contribution in [2.75, 3.05) is 6.54 Å². The van der Waals surface area contributed by atoms with Gasteiger partial charge in [0.25, 0.3) is 0 Å². The van der Waals surface area contributed by atoms with Gasteiger partial charge in [-0.15, -0.1) is 0 Å². The number of nitrogens with zero attached hydrogens (tertiary/aromatic N) is 3. The van der Waals surface area contributed by atoms with Gasteiger partial charge in [-0.3, -0.25) is 4.79 Å². The van der Waals surface area contributed by atoms with Crippen molar-refractivity contribution in [3.8, 4) is 11.4 Å². The Kier molecular flexibility index (Phi) is 5.00. The van der Waals surface area contributed by atoms with E-state index >= 15 is 0 Å². The van der Waals surface area contributed by atoms with Crippen LogP contribution in [0.4, 0.5) is 4.39 Å². The first-order valence-corrected chi connectivity index (χ1v) is 9.60. The molecule has 2 aliphatic rings. The van der Waals surface area contributed by atoms with Crippen molar-refractivity contribution in [1.82, 2.24) is 15.0 Å². The Morgan fingerprint density at radius 3 is 2.69 bits per heavy atom. The van der Waals surface area contributed by atoms with Crippen LogP contribution >= 0.6 is 0 Å². The fraction of sp³-hybridized carbons (Fsp3) is 0.550. The lowest BCUT2D eigenvalue weighted by atomic mass is 10.0. The van der Waals surface area contributed by atoms with Crippen molar-refractivity contribution in [1.29, 1.82) is 0 Å². The lowest BCUT2D eigenvalue weighted by molar-refractivity contribution is -0.132. The first-order chi connectivity index (χ1) is 12.7. The van der Waals surface area contributed by atoms with Crippen LogP contribution in [0.25, 0.3) is 11.4 Å². The van der Waals surface area contributed by atoms with Crippen LogP contribution in [0.15, 0.2) is 28.8 Å². The smallest absolute Gasteiger partial charge is 0.249 e. The van der Waals surface area contributed by atoms with E-state index in [2.05, 4.69) is 10.1 Å². The quantitative estimate of drug-likeness (QED) is 0.790. The molecule has 0 radical (unpaired) electrons. The van der Waals surface area contributed by atoms with Crippen molar-refractivity contribution in [2.24, 2.45) is 5.92 Å². The van der Waals surface area contributed by atoms with Gasteiger partial charge < -0.3 is 9.42 Å². The van der Waals surface area contributed by atoms with Gasteiger partial charge in [-0.2, -0.15) is 4.98 Å². The predicted octanol–water partition coefficient (Wildman–Crippen LogP) is 4.51. The highest BCUT2D eigenvalue weighted by Crippen LogP contribution is 2.34. The Balaban J connectivity index is 1.42. The number of rotatable bonds is 5. The molecule has 1 unspecified atom stereocenters. The molecule has 2 heterocycles. The summed E-state index contributed by atoms with van der Waals surface area (Å²) in [5, 5.41) is 4.02. The molecule has 0 bridgehead atoms. The van der Waals surface area contributed by atoms with E-state index in [1.54, 1.807) is 12.1 Å². The molecule has 1 aromatic carbocycles. The van der Waals surface area contributed by atoms with Crippen molar-refractivity contribution < 1.29 is 13.7 Å². The molecule has 0 N–H and O–H groups in total. The summed E-state index contributed by atoms with van der Waals surface area (Å²) in [6, 6.07) is 5.87. The van der Waals surface area contributed by atoms with Crippen LogP contribution in [0.1, 0.15) is 63.3 Å². The molecule has 1 aliphatic carbocycles. The summed E-state index contributed by atoms with van der Waals surface area (Å²) in [4.78, 5) is 19.1. The zero-order valence-electron chi connectivity index (χ0n) is 14.9. The molecular formula is C20H24FN3O2. The number of hydrogen-bond acceptors (Lipinski definition) is 4. The second-order valence-corrected chi connectivity index (χ2v) is 7.40. The zero-order valence-corrected chi connectivity index (χ0v) is 14.9. The summed E-state index contributed by atoms with van der Waals surface area (Å²) in [5.74, 6) is 1.53. The van der Waals surface area contributed by atoms with Gasteiger partial charge in [0, 0.05) is 18.5 Å². The molecule has 1 atom stereocenters. The normalized spacial score (nSPS) is 20.8. The van der Waals surface area contributed by atoms with Crippen molar-refractivity contribution in [3.63, 3.8) is 0 Å². The van der Waals surface area contributed by atoms with E-state index in [1.165, 1.54) is 37.8 Å². The molecule has 2 fully saturated rings. The molecule has 1 saturated heterocycles. The van der Waals surface area contributed by atoms with E-state index in [0.717, 1.165) is 25.8 Å². The maximum absolute atomic E-state index is 13.1. The minimum atomic E-state index is -0.299. The van der Waals surface area contributed by atoms with E-state index < -0.39 is 0 Å². The number of likely N-dealkylation sites (tertiary alicyclic amines) is 1. The number of amides is 1. The van der Waals surface area contributed by atoms with Crippen molar-refractivity contribution in [2.45, 2.75) is 57.4 Å². The van der Waals surface area contributed by atoms with Crippen LogP contribution in [0, 0.1) is 11.7 Å². The fourth-order valence-electron chi connectivity index (χ4n) is 4.18. The number of halogens is 1. The lowest BCUT2D eigenvalue weighted by Gasteiger charge is -2.22. The summed E-state index contributed by atoms with van der Waals surface area (Å²) in [6.07, 6.45) is 8.54. The van der Waals surface area contributed by atoms with Gasteiger partial charge in [-0.05, 0) is 49.4 Å². The first kappa shape index (κ1) is 17.2. The summed E-state index contributed by atoms with van der Waals surface area (Å²) in [6.45, 7) is 0.752. The van der Waals surface area contributed by atoms with E-state index in [9.17, 15) is 9.18 Å². The van der Waals surface area contributed by atoms with Crippen LogP contribution in [0.3, 0.4) is 0 Å². The SMILES string of the molecule is O=C(CCC1CCCC1)N1CCCC1c1nc(-c2ccc(F)cc2)no1. The summed E-state index contributed by atoms with van der Waals surface area (Å²) in [7, 11) is 0. The molecule has 2 aromatic rings. The summed E-state index contributed by atoms with van der Waals surface area (Å²) >= 11 is 0. The van der Waals surface area contributed by atoms with Gasteiger partial charge in [0.1, 0.15) is 11.9 Å². The van der Waals surface area contributed by atoms with Crippen LogP contribution in [-0.2, 0) is 4.79 Å². The van der Waals surface area contributed by atoms with Gasteiger partial charge in [0.2, 0.25) is 17.6 Å². The molecule has 1 saturated carbocycles. The van der Waals surface area contributed by atoms with Gasteiger partial charge >= 0.3 is 0 Å². The topological polar surface area (TPSA) is 59.2 Å². The number of benzene rings is 1. The molecule has 6 heteroatoms. The van der Waals surface area contributed by atoms with Crippen LogP contribution in [0.2, 0.25) is 0 Å². The first-order valence-electron chi connectivity index (χ1n) is 9.60. The highest BCUT2D eigenvalue weighted by Gasteiger charge is 2.34. The highest BCUT2D eigenvalue weighted by atomic mass is 19.1. The lowest BCUT2D eigenvalue weighted by Crippen LogP contribution is -2.30. The minimum absolute atomic E-state index is 0.132. The third kappa shape index (κ3) is 3.64. The molecule has 1 amide bonds. The van der Waals surface area contributed by atoms with E-state index in [4.69, 9.17) is 4.52 Å². The average Bonchev–Trinajstić information content (AvgIpc) is 3.40. The Bertz CT molecular complexity index is 753. The molecule has 5 nitrogen and oxygen atoms in total. The maximum Gasteiger partial charge on any atom is 0.249 e. The van der Waals surface area contributed by atoms with E-state index in [1.807, 2.05) is 4.90 Å². The number of hydrogen-bond donors (Lipinski definition) is 0. The van der Waals surface area contributed by atoms with Crippen LogP contribution < -0.4 is 0 Å². The Morgan fingerprint density at radius 1 is 1.15 bits per heavy atom. The zero-order chi connectivity index (χ0) is 17.9.